The Hall–Kier alpha value is -0.690. The van der Waals surface area contributed by atoms with Crippen LogP contribution in [0, 0.1) is 11.5 Å². The summed E-state index contributed by atoms with van der Waals surface area (Å²) < 4.78 is 0. The lowest BCUT2D eigenvalue weighted by Gasteiger charge is -2.29. The van der Waals surface area contributed by atoms with E-state index in [4.69, 9.17) is 5.26 Å². The van der Waals surface area contributed by atoms with E-state index in [1.807, 2.05) is 12.4 Å². The summed E-state index contributed by atoms with van der Waals surface area (Å²) in [6, 6.07) is 0. The van der Waals surface area contributed by atoms with Crippen LogP contribution in [0.5, 0.6) is 0 Å². The fourth-order valence-corrected chi connectivity index (χ4v) is 2.30. The van der Waals surface area contributed by atoms with Crippen LogP contribution in [-0.2, 0) is 0 Å². The van der Waals surface area contributed by atoms with Gasteiger partial charge in [-0.15, -0.1) is 0 Å². The van der Waals surface area contributed by atoms with Crippen molar-refractivity contribution < 1.29 is 0 Å². The van der Waals surface area contributed by atoms with Gasteiger partial charge in [-0.2, -0.15) is 5.26 Å². The Kier molecular flexibility index (Phi) is 4.27. The van der Waals surface area contributed by atoms with Gasteiger partial charge in [0, 0.05) is 0 Å². The number of hydrogen-bond acceptors (Lipinski definition) is 3. The number of nitrogens with zero attached hydrogens (tertiary/aromatic N) is 2. The van der Waals surface area contributed by atoms with Gasteiger partial charge in [-0.25, -0.2) is 0 Å². The summed E-state index contributed by atoms with van der Waals surface area (Å²) in [6.07, 6.45) is 9.99. The van der Waals surface area contributed by atoms with Crippen LogP contribution in [0.2, 0.25) is 0 Å². The van der Waals surface area contributed by atoms with Crippen molar-refractivity contribution in [3.63, 3.8) is 0 Å². The third-order valence-electron chi connectivity index (χ3n) is 2.66. The maximum atomic E-state index is 8.53. The zero-order valence-electron chi connectivity index (χ0n) is 8.84. The van der Waals surface area contributed by atoms with E-state index in [0.717, 1.165) is 18.0 Å². The van der Waals surface area contributed by atoms with Crippen molar-refractivity contribution in [1.29, 1.82) is 5.26 Å². The fraction of sp³-hybridized carbons (Fsp3) is 0.800. The van der Waals surface area contributed by atoms with Crippen LogP contribution < -0.4 is 5.32 Å². The SMILES string of the molecule is CSC(=NC1(C)CCCCC1)NC#N. The summed E-state index contributed by atoms with van der Waals surface area (Å²) in [5.74, 6) is 0. The average molecular weight is 211 g/mol. The van der Waals surface area contributed by atoms with Crippen molar-refractivity contribution in [3.05, 3.63) is 0 Å². The van der Waals surface area contributed by atoms with Gasteiger partial charge in [0.1, 0.15) is 0 Å². The van der Waals surface area contributed by atoms with Crippen molar-refractivity contribution in [2.45, 2.75) is 44.6 Å². The van der Waals surface area contributed by atoms with E-state index in [-0.39, 0.29) is 5.54 Å². The third-order valence-corrected chi connectivity index (χ3v) is 3.24. The first-order valence-electron chi connectivity index (χ1n) is 4.99. The Morgan fingerprint density at radius 3 is 2.57 bits per heavy atom. The van der Waals surface area contributed by atoms with Gasteiger partial charge in [0.15, 0.2) is 11.4 Å². The van der Waals surface area contributed by atoms with Gasteiger partial charge in [0.25, 0.3) is 0 Å². The van der Waals surface area contributed by atoms with Crippen LogP contribution in [0.1, 0.15) is 39.0 Å². The minimum absolute atomic E-state index is 0.0560. The van der Waals surface area contributed by atoms with Crippen LogP contribution >= 0.6 is 11.8 Å². The van der Waals surface area contributed by atoms with Gasteiger partial charge in [-0.1, -0.05) is 31.0 Å². The van der Waals surface area contributed by atoms with Gasteiger partial charge >= 0.3 is 0 Å². The molecule has 0 atom stereocenters. The van der Waals surface area contributed by atoms with Crippen molar-refractivity contribution in [3.8, 4) is 6.19 Å². The van der Waals surface area contributed by atoms with E-state index >= 15 is 0 Å². The monoisotopic (exact) mass is 211 g/mol. The molecule has 0 aromatic carbocycles. The number of nitrogens with one attached hydrogen (secondary N) is 1. The Morgan fingerprint density at radius 2 is 2.07 bits per heavy atom. The normalized spacial score (nSPS) is 21.4. The highest BCUT2D eigenvalue weighted by atomic mass is 32.2. The molecule has 0 aliphatic heterocycles. The number of thioether (sulfide) groups is 1. The molecule has 4 heteroatoms. The van der Waals surface area contributed by atoms with Gasteiger partial charge in [0.05, 0.1) is 5.54 Å². The van der Waals surface area contributed by atoms with Crippen LogP contribution in [0.15, 0.2) is 4.99 Å². The molecule has 0 heterocycles. The molecule has 1 fully saturated rings. The van der Waals surface area contributed by atoms with Crippen molar-refractivity contribution in [2.75, 3.05) is 6.26 Å². The smallest absolute Gasteiger partial charge is 0.183 e. The Labute approximate surface area is 90.0 Å². The number of aliphatic imine (C=N–C) groups is 1. The lowest BCUT2D eigenvalue weighted by atomic mass is 9.84. The van der Waals surface area contributed by atoms with E-state index < -0.39 is 0 Å². The second-order valence-electron chi connectivity index (χ2n) is 3.92. The third kappa shape index (κ3) is 3.22. The summed E-state index contributed by atoms with van der Waals surface area (Å²) in [5.41, 5.74) is 0.0560. The van der Waals surface area contributed by atoms with E-state index in [0.29, 0.717) is 0 Å². The Bertz CT molecular complexity index is 249. The highest BCUT2D eigenvalue weighted by molar-refractivity contribution is 8.13. The predicted molar refractivity (Wildman–Crippen MR) is 61.2 cm³/mol. The van der Waals surface area contributed by atoms with Crippen LogP contribution in [0.3, 0.4) is 0 Å². The largest absolute Gasteiger partial charge is 0.272 e. The quantitative estimate of drug-likeness (QED) is 0.314. The highest BCUT2D eigenvalue weighted by Gasteiger charge is 2.26. The van der Waals surface area contributed by atoms with Crippen molar-refractivity contribution in [2.24, 2.45) is 4.99 Å². The van der Waals surface area contributed by atoms with E-state index in [2.05, 4.69) is 17.2 Å². The number of rotatable bonds is 1. The molecule has 1 saturated carbocycles. The molecule has 1 aliphatic carbocycles. The number of hydrogen-bond donors (Lipinski definition) is 1. The predicted octanol–water partition coefficient (Wildman–Crippen LogP) is 2.50. The summed E-state index contributed by atoms with van der Waals surface area (Å²) in [6.45, 7) is 2.18. The molecule has 1 rings (SSSR count). The molecular weight excluding hydrogens is 194 g/mol. The molecule has 0 saturated heterocycles. The van der Waals surface area contributed by atoms with Crippen LogP contribution in [0.4, 0.5) is 0 Å². The van der Waals surface area contributed by atoms with E-state index in [1.54, 1.807) is 0 Å². The molecule has 0 amide bonds. The second-order valence-corrected chi connectivity index (χ2v) is 4.71. The molecule has 0 aromatic heterocycles. The molecule has 1 aliphatic rings. The molecular formula is C10H17N3S. The first kappa shape index (κ1) is 11.4. The first-order chi connectivity index (χ1) is 6.70. The van der Waals surface area contributed by atoms with E-state index in [1.165, 1.54) is 31.0 Å². The lowest BCUT2D eigenvalue weighted by molar-refractivity contribution is 0.325. The van der Waals surface area contributed by atoms with Crippen molar-refractivity contribution >= 4 is 16.9 Å². The molecule has 0 aromatic rings. The summed E-state index contributed by atoms with van der Waals surface area (Å²) in [5, 5.41) is 11.9. The average Bonchev–Trinajstić information content (AvgIpc) is 2.18. The van der Waals surface area contributed by atoms with Crippen LogP contribution in [-0.4, -0.2) is 17.0 Å². The molecule has 3 nitrogen and oxygen atoms in total. The van der Waals surface area contributed by atoms with Crippen LogP contribution in [0.25, 0.3) is 0 Å². The lowest BCUT2D eigenvalue weighted by Crippen LogP contribution is -2.29. The zero-order valence-corrected chi connectivity index (χ0v) is 9.65. The first-order valence-corrected chi connectivity index (χ1v) is 6.22. The van der Waals surface area contributed by atoms with Gasteiger partial charge in [-0.05, 0) is 26.0 Å². The van der Waals surface area contributed by atoms with Gasteiger partial charge < -0.3 is 0 Å². The summed E-state index contributed by atoms with van der Waals surface area (Å²) in [7, 11) is 0. The fourth-order valence-electron chi connectivity index (χ4n) is 1.84. The highest BCUT2D eigenvalue weighted by Crippen LogP contribution is 2.31. The minimum Gasteiger partial charge on any atom is -0.272 e. The standard InChI is InChI=1S/C10H17N3S/c1-10(6-4-3-5-7-10)13-9(14-2)12-8-11/h3-7H2,1-2H3,(H,12,13). The minimum atomic E-state index is 0.0560. The molecule has 78 valence electrons. The topological polar surface area (TPSA) is 48.2 Å². The molecule has 14 heavy (non-hydrogen) atoms. The van der Waals surface area contributed by atoms with Gasteiger partial charge in [-0.3, -0.25) is 10.3 Å². The van der Waals surface area contributed by atoms with E-state index in [9.17, 15) is 0 Å². The molecule has 0 bridgehead atoms. The second kappa shape index (κ2) is 5.26. The Morgan fingerprint density at radius 1 is 1.43 bits per heavy atom. The van der Waals surface area contributed by atoms with Crippen molar-refractivity contribution in [1.82, 2.24) is 5.32 Å². The maximum absolute atomic E-state index is 8.53. The number of amidine groups is 1. The van der Waals surface area contributed by atoms with Gasteiger partial charge in [0.2, 0.25) is 0 Å². The molecule has 0 spiro atoms. The summed E-state index contributed by atoms with van der Waals surface area (Å²) in [4.78, 5) is 4.62. The molecule has 0 unspecified atom stereocenters. The Balaban J connectivity index is 2.65. The molecule has 0 radical (unpaired) electrons. The molecule has 1 N–H and O–H groups in total. The summed E-state index contributed by atoms with van der Waals surface area (Å²) >= 11 is 1.50. The maximum Gasteiger partial charge on any atom is 0.183 e. The zero-order chi connectivity index (χ0) is 10.4. The number of nitriles is 1.